The van der Waals surface area contributed by atoms with E-state index in [1.807, 2.05) is 0 Å². The van der Waals surface area contributed by atoms with Gasteiger partial charge >= 0.3 is 10.0 Å². The molecule has 4 nitrogen and oxygen atoms in total. The zero-order chi connectivity index (χ0) is 8.32. The Morgan fingerprint density at radius 1 is 1.36 bits per heavy atom. The second-order valence-electron chi connectivity index (χ2n) is 2.22. The average molecular weight is 177 g/mol. The largest absolute Gasteiger partial charge is 0.369 e. The highest BCUT2D eigenvalue weighted by molar-refractivity contribution is 7.92. The van der Waals surface area contributed by atoms with Gasteiger partial charge in [-0.25, -0.2) is 0 Å². The molecule has 1 aliphatic heterocycles. The van der Waals surface area contributed by atoms with Crippen molar-refractivity contribution >= 4 is 10.0 Å². The molecule has 0 aromatic heterocycles. The molecule has 0 aromatic carbocycles. The molecule has 5 heteroatoms. The Kier molecular flexibility index (Phi) is 2.64. The van der Waals surface area contributed by atoms with Crippen LogP contribution >= 0.6 is 0 Å². The van der Waals surface area contributed by atoms with E-state index < -0.39 is 10.0 Å². The van der Waals surface area contributed by atoms with Gasteiger partial charge < -0.3 is 4.74 Å². The second kappa shape index (κ2) is 3.34. The Bertz CT molecular complexity index is 228. The van der Waals surface area contributed by atoms with E-state index >= 15 is 0 Å². The van der Waals surface area contributed by atoms with Crippen LogP contribution in [0.1, 0.15) is 0 Å². The third-order valence-electron chi connectivity index (χ3n) is 1.54. The summed E-state index contributed by atoms with van der Waals surface area (Å²) in [5.41, 5.74) is 0. The van der Waals surface area contributed by atoms with Gasteiger partial charge in [0.2, 0.25) is 0 Å². The van der Waals surface area contributed by atoms with Crippen molar-refractivity contribution in [1.82, 2.24) is 4.31 Å². The smallest absolute Gasteiger partial charge is 0.364 e. The first kappa shape index (κ1) is 8.70. The standard InChI is InChI=1S/C6H11NO3S/c1-2-11(8,9)7-3-5-10-6-4-7/h2H,1,3-6H2/q+1. The fourth-order valence-corrected chi connectivity index (χ4v) is 1.78. The fourth-order valence-electron chi connectivity index (χ4n) is 0.906. The zero-order valence-corrected chi connectivity index (χ0v) is 7.01. The molecule has 0 amide bonds. The molecule has 1 saturated heterocycles. The van der Waals surface area contributed by atoms with Gasteiger partial charge in [0.15, 0.2) is 13.1 Å². The van der Waals surface area contributed by atoms with Crippen molar-refractivity contribution in [3.8, 4) is 0 Å². The van der Waals surface area contributed by atoms with Crippen molar-refractivity contribution < 1.29 is 13.2 Å². The topological polar surface area (TPSA) is 49.3 Å². The fraction of sp³-hybridized carbons (Fsp3) is 0.667. The summed E-state index contributed by atoms with van der Waals surface area (Å²) in [5.74, 6) is 0. The van der Waals surface area contributed by atoms with Gasteiger partial charge in [-0.05, 0) is 4.31 Å². The van der Waals surface area contributed by atoms with Crippen LogP contribution in [0, 0.1) is 0 Å². The van der Waals surface area contributed by atoms with Gasteiger partial charge in [0.1, 0.15) is 13.2 Å². The number of ether oxygens (including phenoxy) is 1. The highest BCUT2D eigenvalue weighted by Gasteiger charge is 2.31. The third-order valence-corrected chi connectivity index (χ3v) is 3.05. The monoisotopic (exact) mass is 177 g/mol. The van der Waals surface area contributed by atoms with E-state index in [4.69, 9.17) is 4.74 Å². The molecule has 0 N–H and O–H groups in total. The molecule has 0 unspecified atom stereocenters. The molecule has 0 atom stereocenters. The maximum Gasteiger partial charge on any atom is 0.364 e. The van der Waals surface area contributed by atoms with E-state index in [0.29, 0.717) is 26.3 Å². The quantitative estimate of drug-likeness (QED) is 0.541. The zero-order valence-electron chi connectivity index (χ0n) is 6.19. The maximum absolute atomic E-state index is 11.1. The van der Waals surface area contributed by atoms with Crippen LogP contribution in [0.25, 0.3) is 0 Å². The van der Waals surface area contributed by atoms with Crippen LogP contribution in [-0.4, -0.2) is 34.7 Å². The minimum absolute atomic E-state index is 0.439. The van der Waals surface area contributed by atoms with Crippen LogP contribution in [-0.2, 0) is 14.8 Å². The minimum Gasteiger partial charge on any atom is -0.369 e. The van der Waals surface area contributed by atoms with Crippen LogP contribution < -0.4 is 4.31 Å². The lowest BCUT2D eigenvalue weighted by Crippen LogP contribution is -2.44. The number of hydrogen-bond donors (Lipinski definition) is 0. The van der Waals surface area contributed by atoms with Crippen molar-refractivity contribution in [2.75, 3.05) is 26.3 Å². The molecule has 1 aliphatic rings. The first-order valence-electron chi connectivity index (χ1n) is 3.37. The van der Waals surface area contributed by atoms with Gasteiger partial charge in [-0.2, -0.15) is 8.42 Å². The SMILES string of the molecule is C=CS(=O)(=O)[N+]1CCOCC1. The van der Waals surface area contributed by atoms with Crippen LogP contribution in [0.15, 0.2) is 12.0 Å². The summed E-state index contributed by atoms with van der Waals surface area (Å²) in [5, 5.41) is 0.971. The van der Waals surface area contributed by atoms with E-state index in [1.165, 1.54) is 4.31 Å². The molecule has 0 saturated carbocycles. The Labute approximate surface area is 66.5 Å². The summed E-state index contributed by atoms with van der Waals surface area (Å²) in [4.78, 5) is 0. The van der Waals surface area contributed by atoms with E-state index in [-0.39, 0.29) is 0 Å². The lowest BCUT2D eigenvalue weighted by molar-refractivity contribution is 0.0972. The second-order valence-corrected chi connectivity index (χ2v) is 4.10. The van der Waals surface area contributed by atoms with E-state index in [2.05, 4.69) is 6.58 Å². The molecular weight excluding hydrogens is 166 g/mol. The van der Waals surface area contributed by atoms with E-state index in [0.717, 1.165) is 5.41 Å². The summed E-state index contributed by atoms with van der Waals surface area (Å²) in [6.07, 6.45) is 0. The van der Waals surface area contributed by atoms with Crippen molar-refractivity contribution in [2.24, 2.45) is 0 Å². The summed E-state index contributed by atoms with van der Waals surface area (Å²) in [6, 6.07) is 0. The third kappa shape index (κ3) is 2.02. The van der Waals surface area contributed by atoms with Crippen molar-refractivity contribution in [3.05, 3.63) is 12.0 Å². The van der Waals surface area contributed by atoms with Crippen molar-refractivity contribution in [1.29, 1.82) is 0 Å². The van der Waals surface area contributed by atoms with Crippen molar-refractivity contribution in [2.45, 2.75) is 0 Å². The molecule has 1 fully saturated rings. The Morgan fingerprint density at radius 3 is 2.36 bits per heavy atom. The van der Waals surface area contributed by atoms with Crippen LogP contribution in [0.2, 0.25) is 0 Å². The molecule has 1 radical (unpaired) electrons. The molecule has 1 rings (SSSR count). The molecular formula is C6H11NO3S+. The number of nitrogens with zero attached hydrogens (tertiary/aromatic N) is 1. The maximum atomic E-state index is 11.1. The highest BCUT2D eigenvalue weighted by atomic mass is 32.2. The van der Waals surface area contributed by atoms with Gasteiger partial charge in [-0.1, -0.05) is 6.58 Å². The number of sulfonamides is 1. The summed E-state index contributed by atoms with van der Waals surface area (Å²) < 4.78 is 28.6. The van der Waals surface area contributed by atoms with Crippen LogP contribution in [0.5, 0.6) is 0 Å². The summed E-state index contributed by atoms with van der Waals surface area (Å²) in [6.45, 7) is 5.07. The Hall–Kier alpha value is -0.390. The van der Waals surface area contributed by atoms with Gasteiger partial charge in [-0.3, -0.25) is 0 Å². The number of rotatable bonds is 2. The lowest BCUT2D eigenvalue weighted by atomic mass is 10.5. The molecule has 0 bridgehead atoms. The van der Waals surface area contributed by atoms with E-state index in [1.54, 1.807) is 0 Å². The number of morpholine rings is 1. The molecule has 63 valence electrons. The molecule has 0 spiro atoms. The van der Waals surface area contributed by atoms with Crippen molar-refractivity contribution in [3.63, 3.8) is 0 Å². The first-order chi connectivity index (χ1) is 5.17. The highest BCUT2D eigenvalue weighted by Crippen LogP contribution is 2.01. The predicted octanol–water partition coefficient (Wildman–Crippen LogP) is -0.370. The Balaban J connectivity index is 2.66. The Morgan fingerprint density at radius 2 is 1.91 bits per heavy atom. The van der Waals surface area contributed by atoms with E-state index in [9.17, 15) is 8.42 Å². The lowest BCUT2D eigenvalue weighted by Gasteiger charge is -2.14. The van der Waals surface area contributed by atoms with Crippen LogP contribution in [0.4, 0.5) is 0 Å². The normalized spacial score (nSPS) is 21.5. The average Bonchev–Trinajstić information content (AvgIpc) is 2.06. The van der Waals surface area contributed by atoms with Gasteiger partial charge in [-0.15, -0.1) is 0 Å². The van der Waals surface area contributed by atoms with Gasteiger partial charge in [0.05, 0.1) is 5.41 Å². The molecule has 11 heavy (non-hydrogen) atoms. The predicted molar refractivity (Wildman–Crippen MR) is 41.8 cm³/mol. The van der Waals surface area contributed by atoms with Crippen LogP contribution in [0.3, 0.4) is 0 Å². The minimum atomic E-state index is -3.20. The first-order valence-corrected chi connectivity index (χ1v) is 4.87. The van der Waals surface area contributed by atoms with Gasteiger partial charge in [0, 0.05) is 0 Å². The molecule has 0 aliphatic carbocycles. The summed E-state index contributed by atoms with van der Waals surface area (Å²) in [7, 11) is -3.20. The number of hydrogen-bond acceptors (Lipinski definition) is 3. The van der Waals surface area contributed by atoms with Gasteiger partial charge in [0.25, 0.3) is 0 Å². The molecule has 1 heterocycles. The summed E-state index contributed by atoms with van der Waals surface area (Å²) >= 11 is 0. The molecule has 0 aromatic rings.